The minimum atomic E-state index is -1.02. The van der Waals surface area contributed by atoms with Gasteiger partial charge in [-0.25, -0.2) is 15.0 Å². The number of fused-ring (bicyclic) bond motifs is 2. The number of aromatic nitrogens is 4. The number of nitrogens with one attached hydrogen (secondary N) is 1. The fourth-order valence-corrected chi connectivity index (χ4v) is 5.74. The second-order valence-corrected chi connectivity index (χ2v) is 12.0. The van der Waals surface area contributed by atoms with Crippen LogP contribution in [0, 0.1) is 0 Å². The van der Waals surface area contributed by atoms with Crippen molar-refractivity contribution in [3.05, 3.63) is 83.3 Å². The second kappa shape index (κ2) is 18.3. The number of imidazole rings is 1. The molecule has 0 radical (unpaired) electrons. The van der Waals surface area contributed by atoms with E-state index in [0.29, 0.717) is 70.3 Å². The number of imide groups is 2. The molecular formula is C38H40N6O10. The van der Waals surface area contributed by atoms with Crippen molar-refractivity contribution < 1.29 is 47.6 Å². The Balaban J connectivity index is 0.761. The Kier molecular flexibility index (Phi) is 12.8. The molecule has 1 aromatic carbocycles. The summed E-state index contributed by atoms with van der Waals surface area (Å²) in [5, 5.41) is 3.65. The standard InChI is InChI=1S/C38H40N6O10/c1-3-4-30-25(2)43-12-11-31(41-38(43)40-30)26-5-10-34(39-24-26)54-22-20-52-18-16-50-14-13-49-15-17-51-19-21-53-27-6-7-28-29(23-27)37(48)44(36(28)47)32-8-9-33(45)42-35(32)46/h3-7,10-12,23-24,32H,1-2,8-9,13-22H2,(H,42,45,46)/b30-4+. The average Bonchev–Trinajstić information content (AvgIpc) is 3.62. The summed E-state index contributed by atoms with van der Waals surface area (Å²) in [5.41, 5.74) is 1.91. The summed E-state index contributed by atoms with van der Waals surface area (Å²) in [6, 6.07) is 9.09. The first-order valence-electron chi connectivity index (χ1n) is 17.4. The van der Waals surface area contributed by atoms with E-state index in [9.17, 15) is 19.2 Å². The minimum absolute atomic E-state index is 0.0589. The van der Waals surface area contributed by atoms with Crippen molar-refractivity contribution in [1.82, 2.24) is 29.6 Å². The lowest BCUT2D eigenvalue weighted by atomic mass is 10.0. The lowest BCUT2D eigenvalue weighted by Gasteiger charge is -2.27. The smallest absolute Gasteiger partial charge is 0.262 e. The SMILES string of the molecule is C=C/C=c1/nc2nc(-c3ccc(OCCOCCOCCOCCOCCOc4ccc5c(c4)C(=O)N(C4CCC(=O)NC4=O)C5=O)nc3)ccn2c1=C. The molecule has 1 N–H and O–H groups in total. The first kappa shape index (κ1) is 37.9. The van der Waals surface area contributed by atoms with E-state index in [1.165, 1.54) is 12.1 Å². The van der Waals surface area contributed by atoms with Crippen LogP contribution in [-0.4, -0.2) is 120 Å². The molecule has 16 heteroatoms. The predicted octanol–water partition coefficient (Wildman–Crippen LogP) is 1.09. The number of nitrogens with zero attached hydrogens (tertiary/aromatic N) is 5. The van der Waals surface area contributed by atoms with E-state index >= 15 is 0 Å². The Morgan fingerprint density at radius 2 is 1.46 bits per heavy atom. The third-order valence-electron chi connectivity index (χ3n) is 8.43. The largest absolute Gasteiger partial charge is 0.491 e. The number of carbonyl (C=O) groups is 4. The molecule has 1 saturated heterocycles. The van der Waals surface area contributed by atoms with Gasteiger partial charge in [-0.2, -0.15) is 0 Å². The number of hydrogen-bond donors (Lipinski definition) is 1. The van der Waals surface area contributed by atoms with Gasteiger partial charge in [0.2, 0.25) is 23.5 Å². The van der Waals surface area contributed by atoms with Crippen molar-refractivity contribution in [2.45, 2.75) is 18.9 Å². The maximum Gasteiger partial charge on any atom is 0.262 e. The van der Waals surface area contributed by atoms with Gasteiger partial charge in [0.15, 0.2) is 0 Å². The maximum absolute atomic E-state index is 12.9. The molecule has 2 aliphatic rings. The number of benzene rings is 1. The van der Waals surface area contributed by atoms with Crippen LogP contribution >= 0.6 is 0 Å². The summed E-state index contributed by atoms with van der Waals surface area (Å²) in [6.07, 6.45) is 7.19. The van der Waals surface area contributed by atoms with Crippen molar-refractivity contribution in [1.29, 1.82) is 0 Å². The quantitative estimate of drug-likeness (QED) is 0.101. The van der Waals surface area contributed by atoms with Crippen LogP contribution in [-0.2, 0) is 28.5 Å². The number of piperidine rings is 1. The minimum Gasteiger partial charge on any atom is -0.491 e. The molecule has 1 atom stereocenters. The fourth-order valence-electron chi connectivity index (χ4n) is 5.74. The van der Waals surface area contributed by atoms with E-state index in [2.05, 4.69) is 33.4 Å². The molecule has 4 amide bonds. The van der Waals surface area contributed by atoms with Crippen LogP contribution in [0.1, 0.15) is 33.6 Å². The van der Waals surface area contributed by atoms with E-state index in [-0.39, 0.29) is 37.2 Å². The topological polar surface area (TPSA) is 182 Å². The van der Waals surface area contributed by atoms with Gasteiger partial charge in [-0.1, -0.05) is 19.2 Å². The Bertz CT molecular complexity index is 2120. The molecule has 4 aromatic rings. The summed E-state index contributed by atoms with van der Waals surface area (Å²) >= 11 is 0. The number of rotatable bonds is 20. The van der Waals surface area contributed by atoms with Crippen LogP contribution in [0.4, 0.5) is 0 Å². The number of carbonyl (C=O) groups excluding carboxylic acids is 4. The lowest BCUT2D eigenvalue weighted by molar-refractivity contribution is -0.136. The fraction of sp³-hybridized carbons (Fsp3) is 0.342. The molecule has 1 unspecified atom stereocenters. The predicted molar refractivity (Wildman–Crippen MR) is 193 cm³/mol. The third-order valence-corrected chi connectivity index (χ3v) is 8.43. The molecule has 5 heterocycles. The molecule has 54 heavy (non-hydrogen) atoms. The molecule has 16 nitrogen and oxygen atoms in total. The summed E-state index contributed by atoms with van der Waals surface area (Å²) < 4.78 is 35.3. The molecule has 0 bridgehead atoms. The van der Waals surface area contributed by atoms with Gasteiger partial charge in [-0.3, -0.25) is 33.8 Å². The monoisotopic (exact) mass is 740 g/mol. The molecule has 0 spiro atoms. The van der Waals surface area contributed by atoms with Crippen molar-refractivity contribution >= 4 is 42.1 Å². The van der Waals surface area contributed by atoms with Crippen LogP contribution in [0.15, 0.2) is 61.4 Å². The highest BCUT2D eigenvalue weighted by Crippen LogP contribution is 2.30. The van der Waals surface area contributed by atoms with Gasteiger partial charge in [-0.05, 0) is 42.8 Å². The van der Waals surface area contributed by atoms with Crippen molar-refractivity contribution in [3.8, 4) is 22.9 Å². The van der Waals surface area contributed by atoms with E-state index in [0.717, 1.165) is 26.9 Å². The number of pyridine rings is 1. The van der Waals surface area contributed by atoms with E-state index in [4.69, 9.17) is 28.4 Å². The lowest BCUT2D eigenvalue weighted by Crippen LogP contribution is -2.54. The van der Waals surface area contributed by atoms with Crippen molar-refractivity contribution in [3.63, 3.8) is 0 Å². The van der Waals surface area contributed by atoms with Gasteiger partial charge in [-0.15, -0.1) is 0 Å². The van der Waals surface area contributed by atoms with Gasteiger partial charge in [0.05, 0.1) is 80.4 Å². The summed E-state index contributed by atoms with van der Waals surface area (Å²) in [5.74, 6) is -0.818. The zero-order valence-corrected chi connectivity index (χ0v) is 29.6. The Hall–Kier alpha value is -5.81. The summed E-state index contributed by atoms with van der Waals surface area (Å²) in [7, 11) is 0. The normalized spacial score (nSPS) is 15.9. The zero-order valence-electron chi connectivity index (χ0n) is 29.6. The zero-order chi connectivity index (χ0) is 37.9. The highest BCUT2D eigenvalue weighted by Gasteiger charge is 2.44. The first-order valence-corrected chi connectivity index (χ1v) is 17.4. The van der Waals surface area contributed by atoms with Crippen LogP contribution in [0.5, 0.6) is 11.6 Å². The van der Waals surface area contributed by atoms with Crippen LogP contribution in [0.25, 0.3) is 29.7 Å². The van der Waals surface area contributed by atoms with Crippen molar-refractivity contribution in [2.75, 3.05) is 66.1 Å². The van der Waals surface area contributed by atoms with Gasteiger partial charge < -0.3 is 28.4 Å². The van der Waals surface area contributed by atoms with Gasteiger partial charge in [0.1, 0.15) is 25.0 Å². The number of amides is 4. The molecule has 0 saturated carbocycles. The number of ether oxygens (including phenoxy) is 6. The van der Waals surface area contributed by atoms with E-state index < -0.39 is 29.7 Å². The molecule has 3 aromatic heterocycles. The van der Waals surface area contributed by atoms with Gasteiger partial charge in [0.25, 0.3) is 11.8 Å². The number of allylic oxidation sites excluding steroid dienone is 1. The Morgan fingerprint density at radius 1 is 0.796 bits per heavy atom. The third kappa shape index (κ3) is 9.21. The van der Waals surface area contributed by atoms with E-state index in [1.54, 1.807) is 30.5 Å². The average molecular weight is 741 g/mol. The van der Waals surface area contributed by atoms with Crippen LogP contribution in [0.2, 0.25) is 0 Å². The molecule has 282 valence electrons. The molecule has 2 aliphatic heterocycles. The molecular weight excluding hydrogens is 700 g/mol. The summed E-state index contributed by atoms with van der Waals surface area (Å²) in [4.78, 5) is 63.8. The molecule has 1 fully saturated rings. The highest BCUT2D eigenvalue weighted by atomic mass is 16.6. The van der Waals surface area contributed by atoms with Crippen LogP contribution in [0.3, 0.4) is 0 Å². The number of hydrogen-bond acceptors (Lipinski definition) is 13. The van der Waals surface area contributed by atoms with E-state index in [1.807, 2.05) is 22.7 Å². The Labute approximate surface area is 310 Å². The molecule has 0 aliphatic carbocycles. The van der Waals surface area contributed by atoms with Crippen LogP contribution < -0.4 is 25.5 Å². The second-order valence-electron chi connectivity index (χ2n) is 12.0. The van der Waals surface area contributed by atoms with Crippen molar-refractivity contribution in [2.24, 2.45) is 0 Å². The molecule has 6 rings (SSSR count). The first-order chi connectivity index (χ1) is 26.3. The van der Waals surface area contributed by atoms with Gasteiger partial charge >= 0.3 is 0 Å². The summed E-state index contributed by atoms with van der Waals surface area (Å²) in [6.45, 7) is 11.3. The van der Waals surface area contributed by atoms with Gasteiger partial charge in [0, 0.05) is 30.4 Å². The Morgan fingerprint density at radius 3 is 2.11 bits per heavy atom. The highest BCUT2D eigenvalue weighted by molar-refractivity contribution is 6.23. The maximum atomic E-state index is 12.9.